The summed E-state index contributed by atoms with van der Waals surface area (Å²) in [5.41, 5.74) is 0.849. The molecule has 0 bridgehead atoms. The van der Waals surface area contributed by atoms with Crippen molar-refractivity contribution in [1.82, 2.24) is 4.90 Å². The Morgan fingerprint density at radius 2 is 1.72 bits per heavy atom. The SMILES string of the molecule is O=C(Nc1ccc(OC(F)(F)F)cc1)C1CCCN(C(=O)c2ccc(Cl)cc2)C1. The highest BCUT2D eigenvalue weighted by atomic mass is 35.5. The molecule has 2 aromatic carbocycles. The number of carbonyl (C=O) groups is 2. The maximum Gasteiger partial charge on any atom is 0.573 e. The number of alkyl halides is 3. The summed E-state index contributed by atoms with van der Waals surface area (Å²) in [4.78, 5) is 26.8. The topological polar surface area (TPSA) is 58.6 Å². The highest BCUT2D eigenvalue weighted by Gasteiger charge is 2.31. The largest absolute Gasteiger partial charge is 0.573 e. The molecule has 5 nitrogen and oxygen atoms in total. The molecule has 1 saturated heterocycles. The average Bonchev–Trinajstić information content (AvgIpc) is 2.68. The van der Waals surface area contributed by atoms with Crippen molar-refractivity contribution in [3.05, 3.63) is 59.1 Å². The number of benzene rings is 2. The van der Waals surface area contributed by atoms with Crippen LogP contribution < -0.4 is 10.1 Å². The molecular formula is C20H18ClF3N2O3. The van der Waals surface area contributed by atoms with Gasteiger partial charge in [-0.15, -0.1) is 13.2 Å². The molecule has 1 atom stereocenters. The molecule has 1 fully saturated rings. The molecule has 1 aliphatic heterocycles. The lowest BCUT2D eigenvalue weighted by molar-refractivity contribution is -0.274. The van der Waals surface area contributed by atoms with E-state index in [1.807, 2.05) is 0 Å². The second-order valence-electron chi connectivity index (χ2n) is 6.66. The maximum atomic E-state index is 12.6. The van der Waals surface area contributed by atoms with Crippen molar-refractivity contribution in [1.29, 1.82) is 0 Å². The van der Waals surface area contributed by atoms with Crippen molar-refractivity contribution in [2.75, 3.05) is 18.4 Å². The second-order valence-corrected chi connectivity index (χ2v) is 7.10. The fraction of sp³-hybridized carbons (Fsp3) is 0.300. The number of hydrogen-bond donors (Lipinski definition) is 1. The number of rotatable bonds is 4. The first-order valence-corrected chi connectivity index (χ1v) is 9.30. The van der Waals surface area contributed by atoms with Crippen LogP contribution in [0.2, 0.25) is 5.02 Å². The van der Waals surface area contributed by atoms with Crippen LogP contribution in [0.4, 0.5) is 18.9 Å². The van der Waals surface area contributed by atoms with Crippen molar-refractivity contribution in [3.63, 3.8) is 0 Å². The second kappa shape index (κ2) is 8.73. The summed E-state index contributed by atoms with van der Waals surface area (Å²) in [6.45, 7) is 0.817. The molecule has 9 heteroatoms. The van der Waals surface area contributed by atoms with Crippen molar-refractivity contribution in [3.8, 4) is 5.75 Å². The van der Waals surface area contributed by atoms with E-state index in [2.05, 4.69) is 10.1 Å². The number of hydrogen-bond acceptors (Lipinski definition) is 3. The molecule has 2 amide bonds. The number of anilines is 1. The molecule has 0 radical (unpaired) electrons. The van der Waals surface area contributed by atoms with Crippen molar-refractivity contribution in [2.24, 2.45) is 5.92 Å². The van der Waals surface area contributed by atoms with Crippen LogP contribution in [-0.2, 0) is 4.79 Å². The molecule has 1 unspecified atom stereocenters. The predicted octanol–water partition coefficient (Wildman–Crippen LogP) is 4.73. The molecule has 29 heavy (non-hydrogen) atoms. The maximum absolute atomic E-state index is 12.6. The van der Waals surface area contributed by atoms with Gasteiger partial charge in [0.1, 0.15) is 5.75 Å². The molecule has 0 spiro atoms. The highest BCUT2D eigenvalue weighted by Crippen LogP contribution is 2.25. The third kappa shape index (κ3) is 5.87. The van der Waals surface area contributed by atoms with Crippen LogP contribution in [0.1, 0.15) is 23.2 Å². The van der Waals surface area contributed by atoms with Gasteiger partial charge in [0.15, 0.2) is 0 Å². The van der Waals surface area contributed by atoms with E-state index in [0.29, 0.717) is 35.7 Å². The van der Waals surface area contributed by atoms with Crippen molar-refractivity contribution >= 4 is 29.1 Å². The first-order valence-electron chi connectivity index (χ1n) is 8.93. The minimum atomic E-state index is -4.77. The molecule has 2 aromatic rings. The van der Waals surface area contributed by atoms with Gasteiger partial charge in [-0.05, 0) is 61.4 Å². The third-order valence-corrected chi connectivity index (χ3v) is 4.78. The van der Waals surface area contributed by atoms with Gasteiger partial charge in [-0.25, -0.2) is 0 Å². The van der Waals surface area contributed by atoms with Gasteiger partial charge in [0.25, 0.3) is 5.91 Å². The van der Waals surface area contributed by atoms with Gasteiger partial charge in [-0.2, -0.15) is 0 Å². The summed E-state index contributed by atoms with van der Waals surface area (Å²) >= 11 is 5.84. The summed E-state index contributed by atoms with van der Waals surface area (Å²) < 4.78 is 40.4. The molecule has 3 rings (SSSR count). The number of piperidine rings is 1. The number of amides is 2. The van der Waals surface area contributed by atoms with Crippen LogP contribution in [0, 0.1) is 5.92 Å². The van der Waals surface area contributed by atoms with Crippen LogP contribution in [0.15, 0.2) is 48.5 Å². The average molecular weight is 427 g/mol. The van der Waals surface area contributed by atoms with E-state index < -0.39 is 12.3 Å². The Morgan fingerprint density at radius 1 is 1.07 bits per heavy atom. The van der Waals surface area contributed by atoms with E-state index in [9.17, 15) is 22.8 Å². The van der Waals surface area contributed by atoms with Crippen LogP contribution in [0.3, 0.4) is 0 Å². The molecule has 1 aliphatic rings. The monoisotopic (exact) mass is 426 g/mol. The Labute approximate surface area is 170 Å². The minimum absolute atomic E-state index is 0.173. The lowest BCUT2D eigenvalue weighted by Crippen LogP contribution is -2.43. The molecule has 0 aromatic heterocycles. The number of ether oxygens (including phenoxy) is 1. The van der Waals surface area contributed by atoms with Gasteiger partial charge in [-0.1, -0.05) is 11.6 Å². The first kappa shape index (κ1) is 21.0. The zero-order valence-corrected chi connectivity index (χ0v) is 16.0. The van der Waals surface area contributed by atoms with Gasteiger partial charge < -0.3 is 15.0 Å². The Balaban J connectivity index is 1.59. The lowest BCUT2D eigenvalue weighted by atomic mass is 9.96. The zero-order valence-electron chi connectivity index (χ0n) is 15.2. The van der Waals surface area contributed by atoms with Crippen LogP contribution >= 0.6 is 11.6 Å². The van der Waals surface area contributed by atoms with E-state index in [1.165, 1.54) is 12.1 Å². The molecule has 0 saturated carbocycles. The third-order valence-electron chi connectivity index (χ3n) is 4.53. The lowest BCUT2D eigenvalue weighted by Gasteiger charge is -2.32. The molecule has 1 heterocycles. The fourth-order valence-corrected chi connectivity index (χ4v) is 3.26. The Bertz CT molecular complexity index is 870. The molecule has 0 aliphatic carbocycles. The summed E-state index contributed by atoms with van der Waals surface area (Å²) in [7, 11) is 0. The predicted molar refractivity (Wildman–Crippen MR) is 102 cm³/mol. The molecule has 154 valence electrons. The van der Waals surface area contributed by atoms with Crippen molar-refractivity contribution < 1.29 is 27.5 Å². The van der Waals surface area contributed by atoms with Gasteiger partial charge in [-0.3, -0.25) is 9.59 Å². The van der Waals surface area contributed by atoms with Gasteiger partial charge in [0, 0.05) is 29.4 Å². The van der Waals surface area contributed by atoms with Gasteiger partial charge in [0.05, 0.1) is 5.92 Å². The van der Waals surface area contributed by atoms with Crippen LogP contribution in [0.25, 0.3) is 0 Å². The van der Waals surface area contributed by atoms with E-state index in [1.54, 1.807) is 29.2 Å². The number of halogens is 4. The summed E-state index contributed by atoms with van der Waals surface area (Å²) in [5.74, 6) is -1.24. The number of nitrogens with one attached hydrogen (secondary N) is 1. The summed E-state index contributed by atoms with van der Waals surface area (Å²) in [6.07, 6.45) is -3.48. The standard InChI is InChI=1S/C20H18ClF3N2O3/c21-15-5-3-13(4-6-15)19(28)26-11-1-2-14(12-26)18(27)25-16-7-9-17(10-8-16)29-20(22,23)24/h3-10,14H,1-2,11-12H2,(H,25,27). The number of carbonyl (C=O) groups excluding carboxylic acids is 2. The Morgan fingerprint density at radius 3 is 2.34 bits per heavy atom. The van der Waals surface area contributed by atoms with E-state index >= 15 is 0 Å². The summed E-state index contributed by atoms with van der Waals surface area (Å²) in [6, 6.07) is 11.5. The quantitative estimate of drug-likeness (QED) is 0.769. The van der Waals surface area contributed by atoms with Gasteiger partial charge >= 0.3 is 6.36 Å². The normalized spacial score (nSPS) is 17.0. The fourth-order valence-electron chi connectivity index (χ4n) is 3.13. The number of likely N-dealkylation sites (tertiary alicyclic amines) is 1. The Hall–Kier alpha value is -2.74. The van der Waals surface area contributed by atoms with E-state index in [0.717, 1.165) is 12.1 Å². The van der Waals surface area contributed by atoms with E-state index in [4.69, 9.17) is 11.6 Å². The van der Waals surface area contributed by atoms with E-state index in [-0.39, 0.29) is 24.1 Å². The number of nitrogens with zero attached hydrogens (tertiary/aromatic N) is 1. The Kier molecular flexibility index (Phi) is 6.32. The zero-order chi connectivity index (χ0) is 21.0. The van der Waals surface area contributed by atoms with Crippen LogP contribution in [0.5, 0.6) is 5.75 Å². The molecule has 1 N–H and O–H groups in total. The van der Waals surface area contributed by atoms with Gasteiger partial charge in [0.2, 0.25) is 5.91 Å². The highest BCUT2D eigenvalue weighted by molar-refractivity contribution is 6.30. The molecular weight excluding hydrogens is 409 g/mol. The first-order chi connectivity index (χ1) is 13.7. The smallest absolute Gasteiger partial charge is 0.406 e. The van der Waals surface area contributed by atoms with Crippen molar-refractivity contribution in [2.45, 2.75) is 19.2 Å². The summed E-state index contributed by atoms with van der Waals surface area (Å²) in [5, 5.41) is 3.21. The minimum Gasteiger partial charge on any atom is -0.406 e. The van der Waals surface area contributed by atoms with Crippen LogP contribution in [-0.4, -0.2) is 36.2 Å².